The molecular weight excluding hydrogens is 584 g/mol. The van der Waals surface area contributed by atoms with Gasteiger partial charge >= 0.3 is 12.1 Å². The Labute approximate surface area is 269 Å². The van der Waals surface area contributed by atoms with Gasteiger partial charge in [-0.25, -0.2) is 9.59 Å². The third-order valence-electron chi connectivity index (χ3n) is 7.93. The number of likely N-dealkylation sites (tertiary alicyclic amines) is 1. The number of alkyl carbamates (subject to hydrolysis) is 1. The van der Waals surface area contributed by atoms with Gasteiger partial charge in [0.15, 0.2) is 0 Å². The standard InChI is InChI=1S/C37H42N2O5S/c1-36(2,3)44-35(41)38-24-32-17-18-33(45-32)29-13-10-16-31(23-29)37(42,30-14-8-5-9-15-30)34(40)43-26-28-19-21-39(22-20-28)25-27-11-6-4-7-12-27/h4-18,23,28,42H,19-22,24-26H2,1-3H3,(H,38,41)/t37-/m0/s1. The molecule has 5 rings (SSSR count). The van der Waals surface area contributed by atoms with E-state index in [1.54, 1.807) is 18.2 Å². The average Bonchev–Trinajstić information content (AvgIpc) is 3.52. The molecule has 0 radical (unpaired) electrons. The summed E-state index contributed by atoms with van der Waals surface area (Å²) in [5, 5.41) is 14.9. The molecular formula is C37H42N2O5S. The summed E-state index contributed by atoms with van der Waals surface area (Å²) in [4.78, 5) is 30.2. The number of benzene rings is 3. The Hall–Kier alpha value is -3.98. The van der Waals surface area contributed by atoms with Gasteiger partial charge in [-0.2, -0.15) is 0 Å². The highest BCUT2D eigenvalue weighted by Gasteiger charge is 2.42. The van der Waals surface area contributed by atoms with Gasteiger partial charge in [0, 0.05) is 21.9 Å². The van der Waals surface area contributed by atoms with Gasteiger partial charge in [0.25, 0.3) is 0 Å². The predicted octanol–water partition coefficient (Wildman–Crippen LogP) is 7.13. The van der Waals surface area contributed by atoms with Crippen molar-refractivity contribution in [3.63, 3.8) is 0 Å². The summed E-state index contributed by atoms with van der Waals surface area (Å²) in [5.41, 5.74) is 0.516. The Balaban J connectivity index is 1.26. The normalized spacial score (nSPS) is 15.6. The van der Waals surface area contributed by atoms with Crippen LogP contribution in [0, 0.1) is 5.92 Å². The molecule has 3 aromatic carbocycles. The number of carbonyl (C=O) groups excluding carboxylic acids is 2. The number of ether oxygens (including phenoxy) is 2. The maximum atomic E-state index is 13.8. The van der Waals surface area contributed by atoms with Crippen LogP contribution < -0.4 is 5.32 Å². The summed E-state index contributed by atoms with van der Waals surface area (Å²) in [6.07, 6.45) is 1.40. The molecule has 7 nitrogen and oxygen atoms in total. The van der Waals surface area contributed by atoms with Crippen LogP contribution in [0.4, 0.5) is 4.79 Å². The zero-order valence-corrected chi connectivity index (χ0v) is 27.0. The molecule has 236 valence electrons. The van der Waals surface area contributed by atoms with Crippen LogP contribution in [0.15, 0.2) is 97.1 Å². The monoisotopic (exact) mass is 626 g/mol. The summed E-state index contributed by atoms with van der Waals surface area (Å²) >= 11 is 1.53. The lowest BCUT2D eigenvalue weighted by Gasteiger charge is -2.33. The molecule has 1 atom stereocenters. The number of carbonyl (C=O) groups is 2. The van der Waals surface area contributed by atoms with Crippen molar-refractivity contribution in [3.8, 4) is 10.4 Å². The van der Waals surface area contributed by atoms with Crippen molar-refractivity contribution in [2.75, 3.05) is 19.7 Å². The first kappa shape index (κ1) is 32.4. The van der Waals surface area contributed by atoms with Crippen molar-refractivity contribution in [3.05, 3.63) is 119 Å². The first-order valence-corrected chi connectivity index (χ1v) is 16.3. The molecule has 1 aliphatic rings. The van der Waals surface area contributed by atoms with Crippen molar-refractivity contribution in [1.29, 1.82) is 0 Å². The molecule has 0 unspecified atom stereocenters. The molecule has 0 bridgehead atoms. The number of amides is 1. The summed E-state index contributed by atoms with van der Waals surface area (Å²) in [7, 11) is 0. The molecule has 45 heavy (non-hydrogen) atoms. The van der Waals surface area contributed by atoms with E-state index in [-0.39, 0.29) is 12.5 Å². The van der Waals surface area contributed by atoms with Gasteiger partial charge in [0.2, 0.25) is 5.60 Å². The Kier molecular flexibility index (Phi) is 10.4. The Morgan fingerprint density at radius 3 is 2.24 bits per heavy atom. The molecule has 1 saturated heterocycles. The topological polar surface area (TPSA) is 88.1 Å². The van der Waals surface area contributed by atoms with Crippen LogP contribution in [0.1, 0.15) is 55.2 Å². The van der Waals surface area contributed by atoms with E-state index in [0.717, 1.165) is 47.8 Å². The van der Waals surface area contributed by atoms with Crippen molar-refractivity contribution < 1.29 is 24.2 Å². The van der Waals surface area contributed by atoms with E-state index in [9.17, 15) is 14.7 Å². The van der Waals surface area contributed by atoms with Gasteiger partial charge < -0.3 is 19.9 Å². The molecule has 0 aliphatic carbocycles. The minimum Gasteiger partial charge on any atom is -0.463 e. The minimum absolute atomic E-state index is 0.242. The molecule has 2 heterocycles. The molecule has 1 fully saturated rings. The first-order chi connectivity index (χ1) is 21.6. The number of aliphatic hydroxyl groups is 1. The Morgan fingerprint density at radius 2 is 1.56 bits per heavy atom. The molecule has 2 N–H and O–H groups in total. The fourth-order valence-electron chi connectivity index (χ4n) is 5.53. The third kappa shape index (κ3) is 8.60. The molecule has 8 heteroatoms. The van der Waals surface area contributed by atoms with Gasteiger partial charge in [-0.05, 0) is 87.5 Å². The van der Waals surface area contributed by atoms with Gasteiger partial charge in [0.05, 0.1) is 13.2 Å². The fraction of sp³-hybridized carbons (Fsp3) is 0.351. The third-order valence-corrected chi connectivity index (χ3v) is 9.06. The van der Waals surface area contributed by atoms with Crippen LogP contribution in [0.3, 0.4) is 0 Å². The van der Waals surface area contributed by atoms with Crippen LogP contribution in [0.5, 0.6) is 0 Å². The molecule has 1 amide bonds. The SMILES string of the molecule is CC(C)(C)OC(=O)NCc1ccc(-c2cccc([C@](O)(C(=O)OCC3CCN(Cc4ccccc4)CC3)c3ccccc3)c2)s1. The van der Waals surface area contributed by atoms with Crippen molar-refractivity contribution in [2.24, 2.45) is 5.92 Å². The lowest BCUT2D eigenvalue weighted by Crippen LogP contribution is -2.40. The van der Waals surface area contributed by atoms with Crippen LogP contribution in [-0.2, 0) is 33.0 Å². The summed E-state index contributed by atoms with van der Waals surface area (Å²) in [6.45, 7) is 8.89. The van der Waals surface area contributed by atoms with Crippen LogP contribution >= 0.6 is 11.3 Å². The zero-order valence-electron chi connectivity index (χ0n) is 26.2. The minimum atomic E-state index is -1.97. The Bertz CT molecular complexity index is 1560. The smallest absolute Gasteiger partial charge is 0.407 e. The number of nitrogens with zero attached hydrogens (tertiary/aromatic N) is 1. The maximum absolute atomic E-state index is 13.8. The van der Waals surface area contributed by atoms with Crippen LogP contribution in [0.2, 0.25) is 0 Å². The number of thiophene rings is 1. The van der Waals surface area contributed by atoms with E-state index < -0.39 is 23.3 Å². The van der Waals surface area contributed by atoms with Crippen LogP contribution in [0.25, 0.3) is 10.4 Å². The summed E-state index contributed by atoms with van der Waals surface area (Å²) in [5.74, 6) is -0.433. The van der Waals surface area contributed by atoms with Gasteiger partial charge in [-0.1, -0.05) is 78.9 Å². The number of esters is 1. The largest absolute Gasteiger partial charge is 0.463 e. The van der Waals surface area contributed by atoms with Gasteiger partial charge in [-0.3, -0.25) is 4.90 Å². The number of piperidine rings is 1. The van der Waals surface area contributed by atoms with Crippen molar-refractivity contribution >= 4 is 23.4 Å². The van der Waals surface area contributed by atoms with E-state index in [1.165, 1.54) is 16.9 Å². The lowest BCUT2D eigenvalue weighted by atomic mass is 9.85. The predicted molar refractivity (Wildman–Crippen MR) is 178 cm³/mol. The maximum Gasteiger partial charge on any atom is 0.407 e. The highest BCUT2D eigenvalue weighted by molar-refractivity contribution is 7.15. The molecule has 0 saturated carbocycles. The van der Waals surface area contributed by atoms with E-state index in [1.807, 2.05) is 75.4 Å². The molecule has 1 aliphatic heterocycles. The summed E-state index contributed by atoms with van der Waals surface area (Å²) < 4.78 is 11.2. The number of hydrogen-bond donors (Lipinski definition) is 2. The van der Waals surface area contributed by atoms with Gasteiger partial charge in [-0.15, -0.1) is 11.3 Å². The van der Waals surface area contributed by atoms with E-state index in [2.05, 4.69) is 34.5 Å². The number of rotatable bonds is 10. The number of hydrogen-bond acceptors (Lipinski definition) is 7. The fourth-order valence-corrected chi connectivity index (χ4v) is 6.48. The van der Waals surface area contributed by atoms with Gasteiger partial charge in [0.1, 0.15) is 5.60 Å². The zero-order chi connectivity index (χ0) is 31.9. The van der Waals surface area contributed by atoms with Crippen LogP contribution in [-0.4, -0.2) is 47.4 Å². The van der Waals surface area contributed by atoms with Crippen molar-refractivity contribution in [1.82, 2.24) is 10.2 Å². The van der Waals surface area contributed by atoms with E-state index in [4.69, 9.17) is 9.47 Å². The Morgan fingerprint density at radius 1 is 0.889 bits per heavy atom. The first-order valence-electron chi connectivity index (χ1n) is 15.5. The highest BCUT2D eigenvalue weighted by atomic mass is 32.1. The second kappa shape index (κ2) is 14.4. The highest BCUT2D eigenvalue weighted by Crippen LogP contribution is 2.36. The lowest BCUT2D eigenvalue weighted by molar-refractivity contribution is -0.164. The second-order valence-corrected chi connectivity index (χ2v) is 13.8. The van der Waals surface area contributed by atoms with E-state index >= 15 is 0 Å². The summed E-state index contributed by atoms with van der Waals surface area (Å²) in [6, 6.07) is 30.7. The number of nitrogens with one attached hydrogen (secondary N) is 1. The van der Waals surface area contributed by atoms with Crippen molar-refractivity contribution in [2.45, 2.75) is 57.9 Å². The van der Waals surface area contributed by atoms with E-state index in [0.29, 0.717) is 17.7 Å². The molecule has 4 aromatic rings. The molecule has 0 spiro atoms. The second-order valence-electron chi connectivity index (χ2n) is 12.6. The quantitative estimate of drug-likeness (QED) is 0.182. The molecule has 1 aromatic heterocycles. The average molecular weight is 627 g/mol.